The number of sulfonamides is 1. The lowest BCUT2D eigenvalue weighted by Gasteiger charge is -2.27. The van der Waals surface area contributed by atoms with Crippen LogP contribution >= 0.6 is 0 Å². The van der Waals surface area contributed by atoms with Crippen LogP contribution in [0.15, 0.2) is 52.0 Å². The summed E-state index contributed by atoms with van der Waals surface area (Å²) in [5.41, 5.74) is 0.885. The first-order valence-electron chi connectivity index (χ1n) is 8.29. The summed E-state index contributed by atoms with van der Waals surface area (Å²) in [7, 11) is -7.34. The normalized spacial score (nSPS) is 18.9. The first kappa shape index (κ1) is 19.4. The van der Waals surface area contributed by atoms with Gasteiger partial charge in [-0.2, -0.15) is 0 Å². The molecule has 0 bridgehead atoms. The Labute approximate surface area is 158 Å². The molecule has 1 atom stereocenters. The molecule has 10 heteroatoms. The summed E-state index contributed by atoms with van der Waals surface area (Å²) in [4.78, 5) is 13.9. The molecule has 27 heavy (non-hydrogen) atoms. The van der Waals surface area contributed by atoms with Gasteiger partial charge in [-0.25, -0.2) is 26.4 Å². The molecule has 1 N–H and O–H groups in total. The van der Waals surface area contributed by atoms with Gasteiger partial charge in [-0.05, 0) is 37.6 Å². The summed E-state index contributed by atoms with van der Waals surface area (Å²) in [6.07, 6.45) is 1.68. The third-order valence-electron chi connectivity index (χ3n) is 4.37. The zero-order chi connectivity index (χ0) is 19.7. The van der Waals surface area contributed by atoms with Gasteiger partial charge in [-0.1, -0.05) is 17.7 Å². The summed E-state index contributed by atoms with van der Waals surface area (Å²) in [6.45, 7) is 1.79. The van der Waals surface area contributed by atoms with Crippen LogP contribution < -0.4 is 4.72 Å². The molecule has 2 aromatic rings. The highest BCUT2D eigenvalue weighted by Crippen LogP contribution is 2.21. The van der Waals surface area contributed by atoms with Crippen molar-refractivity contribution >= 4 is 25.9 Å². The van der Waals surface area contributed by atoms with Gasteiger partial charge in [0.15, 0.2) is 9.84 Å². The van der Waals surface area contributed by atoms with E-state index in [0.29, 0.717) is 5.76 Å². The van der Waals surface area contributed by atoms with Gasteiger partial charge in [0.2, 0.25) is 0 Å². The molecule has 0 saturated carbocycles. The Morgan fingerprint density at radius 3 is 2.52 bits per heavy atom. The third-order valence-corrected chi connectivity index (χ3v) is 7.46. The zero-order valence-electron chi connectivity index (χ0n) is 14.7. The number of carbonyl (C=O) groups is 1. The number of sulfone groups is 1. The predicted molar refractivity (Wildman–Crippen MR) is 98.2 cm³/mol. The van der Waals surface area contributed by atoms with E-state index in [1.54, 1.807) is 24.3 Å². The number of benzene rings is 1. The number of aryl methyl sites for hydroxylation is 1. The molecule has 1 saturated heterocycles. The Hall–Kier alpha value is -2.33. The van der Waals surface area contributed by atoms with E-state index in [2.05, 4.69) is 0 Å². The molecule has 1 aromatic heterocycles. The van der Waals surface area contributed by atoms with Crippen molar-refractivity contribution in [1.29, 1.82) is 0 Å². The number of carbonyl (C=O) groups excluding carboxylic acids is 1. The maximum absolute atomic E-state index is 12.7. The molecule has 1 fully saturated rings. The first-order valence-corrected chi connectivity index (χ1v) is 11.6. The topological polar surface area (TPSA) is 114 Å². The minimum atomic E-state index is -4.08. The van der Waals surface area contributed by atoms with Gasteiger partial charge in [0.1, 0.15) is 5.76 Å². The van der Waals surface area contributed by atoms with E-state index in [9.17, 15) is 21.6 Å². The molecular weight excluding hydrogens is 392 g/mol. The molecule has 146 valence electrons. The number of hydrogen-bond donors (Lipinski definition) is 1. The molecule has 2 heterocycles. The fourth-order valence-electron chi connectivity index (χ4n) is 2.91. The Kier molecular flexibility index (Phi) is 5.29. The van der Waals surface area contributed by atoms with Crippen LogP contribution in [-0.4, -0.2) is 45.3 Å². The van der Waals surface area contributed by atoms with E-state index < -0.39 is 31.9 Å². The molecule has 0 spiro atoms. The van der Waals surface area contributed by atoms with Crippen LogP contribution in [0.5, 0.6) is 0 Å². The Morgan fingerprint density at radius 2 is 1.96 bits per heavy atom. The van der Waals surface area contributed by atoms with Gasteiger partial charge in [-0.3, -0.25) is 0 Å². The lowest BCUT2D eigenvalue weighted by molar-refractivity contribution is 0.176. The molecule has 8 nitrogen and oxygen atoms in total. The molecule has 1 unspecified atom stereocenters. The van der Waals surface area contributed by atoms with E-state index in [4.69, 9.17) is 4.42 Å². The van der Waals surface area contributed by atoms with Gasteiger partial charge >= 0.3 is 6.03 Å². The van der Waals surface area contributed by atoms with Crippen LogP contribution in [0.4, 0.5) is 4.79 Å². The van der Waals surface area contributed by atoms with E-state index in [-0.39, 0.29) is 29.4 Å². The van der Waals surface area contributed by atoms with Crippen LogP contribution in [0, 0.1) is 6.92 Å². The fraction of sp³-hybridized carbons (Fsp3) is 0.353. The Balaban J connectivity index is 1.83. The van der Waals surface area contributed by atoms with Gasteiger partial charge in [0, 0.05) is 6.04 Å². The second-order valence-electron chi connectivity index (χ2n) is 6.49. The SMILES string of the molecule is Cc1ccc(S(=O)(=O)NC(=O)N(Cc2ccco2)C2CCS(=O)(=O)C2)cc1. The first-order chi connectivity index (χ1) is 12.7. The van der Waals surface area contributed by atoms with Crippen molar-refractivity contribution in [3.8, 4) is 0 Å². The molecule has 1 aliphatic rings. The second-order valence-corrected chi connectivity index (χ2v) is 10.4. The smallest absolute Gasteiger partial charge is 0.331 e. The number of nitrogens with one attached hydrogen (secondary N) is 1. The molecule has 3 rings (SSSR count). The lowest BCUT2D eigenvalue weighted by Crippen LogP contribution is -2.48. The van der Waals surface area contributed by atoms with Crippen LogP contribution in [-0.2, 0) is 26.4 Å². The number of rotatable bonds is 5. The minimum Gasteiger partial charge on any atom is -0.467 e. The standard InChI is InChI=1S/C17H20N2O6S2/c1-13-4-6-16(7-5-13)27(23,24)18-17(20)19(11-15-3-2-9-25-15)14-8-10-26(21,22)12-14/h2-7,9,14H,8,10-12H2,1H3,(H,18,20). The van der Waals surface area contributed by atoms with Gasteiger partial charge < -0.3 is 9.32 Å². The zero-order valence-corrected chi connectivity index (χ0v) is 16.3. The highest BCUT2D eigenvalue weighted by molar-refractivity contribution is 7.91. The van der Waals surface area contributed by atoms with Crippen LogP contribution in [0.3, 0.4) is 0 Å². The summed E-state index contributed by atoms with van der Waals surface area (Å²) in [5.74, 6) is 0.193. The largest absolute Gasteiger partial charge is 0.467 e. The van der Waals surface area contributed by atoms with Crippen molar-refractivity contribution in [2.75, 3.05) is 11.5 Å². The average molecular weight is 412 g/mol. The van der Waals surface area contributed by atoms with Crippen molar-refractivity contribution < 1.29 is 26.0 Å². The highest BCUT2D eigenvalue weighted by Gasteiger charge is 2.36. The summed E-state index contributed by atoms with van der Waals surface area (Å²) < 4.78 is 55.9. The Bertz CT molecular complexity index is 1010. The van der Waals surface area contributed by atoms with Gasteiger partial charge in [-0.15, -0.1) is 0 Å². The van der Waals surface area contributed by atoms with Crippen molar-refractivity contribution in [2.45, 2.75) is 30.8 Å². The molecule has 1 aromatic carbocycles. The van der Waals surface area contributed by atoms with Crippen molar-refractivity contribution in [2.24, 2.45) is 0 Å². The summed E-state index contributed by atoms with van der Waals surface area (Å²) in [5, 5.41) is 0. The molecule has 0 aliphatic carbocycles. The maximum Gasteiger partial charge on any atom is 0.331 e. The quantitative estimate of drug-likeness (QED) is 0.799. The van der Waals surface area contributed by atoms with Gasteiger partial charge in [0.05, 0.1) is 29.2 Å². The van der Waals surface area contributed by atoms with Crippen molar-refractivity contribution in [3.63, 3.8) is 0 Å². The number of urea groups is 1. The van der Waals surface area contributed by atoms with E-state index >= 15 is 0 Å². The molecule has 1 aliphatic heterocycles. The number of hydrogen-bond acceptors (Lipinski definition) is 6. The average Bonchev–Trinajstić information content (AvgIpc) is 3.21. The van der Waals surface area contributed by atoms with Crippen molar-refractivity contribution in [1.82, 2.24) is 9.62 Å². The fourth-order valence-corrected chi connectivity index (χ4v) is 5.60. The predicted octanol–water partition coefficient (Wildman–Crippen LogP) is 1.68. The Morgan fingerprint density at radius 1 is 1.26 bits per heavy atom. The number of amides is 2. The lowest BCUT2D eigenvalue weighted by atomic mass is 10.2. The molecular formula is C17H20N2O6S2. The summed E-state index contributed by atoms with van der Waals surface area (Å²) in [6, 6.07) is 7.84. The monoisotopic (exact) mass is 412 g/mol. The van der Waals surface area contributed by atoms with Crippen LogP contribution in [0.2, 0.25) is 0 Å². The molecule has 0 radical (unpaired) electrons. The number of nitrogens with zero attached hydrogens (tertiary/aromatic N) is 1. The van der Waals surface area contributed by atoms with E-state index in [0.717, 1.165) is 5.56 Å². The third kappa shape index (κ3) is 4.69. The second kappa shape index (κ2) is 7.35. The maximum atomic E-state index is 12.7. The van der Waals surface area contributed by atoms with Gasteiger partial charge in [0.25, 0.3) is 10.0 Å². The number of furan rings is 1. The highest BCUT2D eigenvalue weighted by atomic mass is 32.2. The van der Waals surface area contributed by atoms with Crippen molar-refractivity contribution in [3.05, 3.63) is 54.0 Å². The summed E-state index contributed by atoms with van der Waals surface area (Å²) >= 11 is 0. The van der Waals surface area contributed by atoms with Crippen LogP contribution in [0.1, 0.15) is 17.7 Å². The molecule has 2 amide bonds. The van der Waals surface area contributed by atoms with E-state index in [1.807, 2.05) is 11.6 Å². The minimum absolute atomic E-state index is 0.0254. The van der Waals surface area contributed by atoms with Crippen LogP contribution in [0.25, 0.3) is 0 Å². The van der Waals surface area contributed by atoms with E-state index in [1.165, 1.54) is 23.3 Å².